The van der Waals surface area contributed by atoms with Crippen LogP contribution in [0.25, 0.3) is 0 Å². The van der Waals surface area contributed by atoms with Crippen LogP contribution in [0.4, 0.5) is 0 Å². The van der Waals surface area contributed by atoms with Crippen LogP contribution in [0.15, 0.2) is 0 Å². The summed E-state index contributed by atoms with van der Waals surface area (Å²) in [6.45, 7) is 3.15. The molecule has 1 N–H and O–H groups in total. The van der Waals surface area contributed by atoms with Gasteiger partial charge in [-0.1, -0.05) is 18.8 Å². The lowest BCUT2D eigenvalue weighted by atomic mass is 9.93. The number of nitrogens with one attached hydrogen (secondary N) is 1. The number of terminal acetylenes is 1. The average Bonchev–Trinajstić information content (AvgIpc) is 2.42. The maximum Gasteiger partial charge on any atom is 0.0598 e. The normalized spacial score (nSPS) is 31.1. The van der Waals surface area contributed by atoms with Crippen LogP contribution < -0.4 is 5.32 Å². The maximum absolute atomic E-state index is 5.37. The van der Waals surface area contributed by atoms with Crippen LogP contribution in [-0.2, 0) is 0 Å². The van der Waals surface area contributed by atoms with Crippen molar-refractivity contribution >= 4 is 11.8 Å². The Bertz CT molecular complexity index is 279. The molecule has 0 aromatic rings. The topological polar surface area (TPSA) is 15.3 Å². The fourth-order valence-electron chi connectivity index (χ4n) is 3.26. The van der Waals surface area contributed by atoms with Crippen molar-refractivity contribution in [3.63, 3.8) is 0 Å². The van der Waals surface area contributed by atoms with Gasteiger partial charge < -0.3 is 5.32 Å². The van der Waals surface area contributed by atoms with Crippen molar-refractivity contribution < 1.29 is 0 Å². The average molecular weight is 266 g/mol. The molecule has 1 saturated carbocycles. The van der Waals surface area contributed by atoms with Crippen LogP contribution >= 0.6 is 11.8 Å². The van der Waals surface area contributed by atoms with E-state index in [1.807, 2.05) is 0 Å². The highest BCUT2D eigenvalue weighted by molar-refractivity contribution is 7.99. The summed E-state index contributed by atoms with van der Waals surface area (Å²) in [5.74, 6) is 2.75. The van der Waals surface area contributed by atoms with E-state index in [-0.39, 0.29) is 0 Å². The monoisotopic (exact) mass is 266 g/mol. The molecule has 0 radical (unpaired) electrons. The van der Waals surface area contributed by atoms with Crippen LogP contribution in [0.3, 0.4) is 0 Å². The van der Waals surface area contributed by atoms with E-state index in [0.717, 1.165) is 23.9 Å². The van der Waals surface area contributed by atoms with Gasteiger partial charge in [-0.15, -0.1) is 6.42 Å². The zero-order valence-corrected chi connectivity index (χ0v) is 12.3. The zero-order chi connectivity index (χ0) is 12.8. The van der Waals surface area contributed by atoms with Crippen molar-refractivity contribution in [2.45, 2.75) is 55.9 Å². The molecule has 18 heavy (non-hydrogen) atoms. The first kappa shape index (κ1) is 14.2. The molecule has 0 amide bonds. The molecule has 0 aromatic heterocycles. The van der Waals surface area contributed by atoms with Crippen molar-refractivity contribution in [1.29, 1.82) is 0 Å². The first-order chi connectivity index (χ1) is 8.83. The summed E-state index contributed by atoms with van der Waals surface area (Å²) in [4.78, 5) is 2.39. The largest absolute Gasteiger partial charge is 0.310 e. The lowest BCUT2D eigenvalue weighted by Crippen LogP contribution is -2.50. The molecule has 0 spiro atoms. The Balaban J connectivity index is 1.75. The van der Waals surface area contributed by atoms with Gasteiger partial charge in [0.05, 0.1) is 6.54 Å². The smallest absolute Gasteiger partial charge is 0.0598 e. The number of nitrogens with zero attached hydrogens (tertiary/aromatic N) is 1. The van der Waals surface area contributed by atoms with Gasteiger partial charge in [0.1, 0.15) is 0 Å². The zero-order valence-electron chi connectivity index (χ0n) is 11.5. The van der Waals surface area contributed by atoms with Crippen LogP contribution in [0.5, 0.6) is 0 Å². The van der Waals surface area contributed by atoms with Gasteiger partial charge in [0.15, 0.2) is 0 Å². The number of hydrogen-bond acceptors (Lipinski definition) is 3. The van der Waals surface area contributed by atoms with Gasteiger partial charge in [-0.2, -0.15) is 11.8 Å². The molecule has 2 aliphatic rings. The lowest BCUT2D eigenvalue weighted by molar-refractivity contribution is 0.202. The van der Waals surface area contributed by atoms with Gasteiger partial charge in [-0.25, -0.2) is 0 Å². The molecule has 1 heterocycles. The van der Waals surface area contributed by atoms with Gasteiger partial charge in [0.25, 0.3) is 0 Å². The molecule has 2 atom stereocenters. The molecule has 2 nitrogen and oxygen atoms in total. The van der Waals surface area contributed by atoms with Crippen molar-refractivity contribution in [2.24, 2.45) is 0 Å². The number of likely N-dealkylation sites (tertiary alicyclic amines) is 1. The molecule has 1 saturated heterocycles. The van der Waals surface area contributed by atoms with Gasteiger partial charge in [0, 0.05) is 30.4 Å². The minimum absolute atomic E-state index is 0.719. The van der Waals surface area contributed by atoms with Gasteiger partial charge in [-0.3, -0.25) is 4.90 Å². The van der Waals surface area contributed by atoms with Crippen molar-refractivity contribution in [2.75, 3.05) is 25.9 Å². The Kier molecular flexibility index (Phi) is 5.88. The van der Waals surface area contributed by atoms with E-state index in [1.165, 1.54) is 51.6 Å². The second kappa shape index (κ2) is 7.43. The fourth-order valence-corrected chi connectivity index (χ4v) is 4.20. The van der Waals surface area contributed by atoms with Crippen LogP contribution in [0, 0.1) is 12.3 Å². The standard InChI is InChI=1S/C15H26N2S/c1-3-10-17-11-8-13(9-12-17)16-14-6-4-5-7-15(14)18-2/h1,13-16H,4-12H2,2H3. The molecule has 2 fully saturated rings. The Morgan fingerprint density at radius 3 is 2.61 bits per heavy atom. The molecule has 3 heteroatoms. The molecule has 2 unspecified atom stereocenters. The molecule has 0 aromatic carbocycles. The summed E-state index contributed by atoms with van der Waals surface area (Å²) in [6, 6.07) is 1.47. The Morgan fingerprint density at radius 1 is 1.22 bits per heavy atom. The summed E-state index contributed by atoms with van der Waals surface area (Å²) in [6.07, 6.45) is 15.8. The molecule has 1 aliphatic carbocycles. The summed E-state index contributed by atoms with van der Waals surface area (Å²) >= 11 is 2.05. The van der Waals surface area contributed by atoms with Gasteiger partial charge >= 0.3 is 0 Å². The Morgan fingerprint density at radius 2 is 1.94 bits per heavy atom. The quantitative estimate of drug-likeness (QED) is 0.786. The van der Waals surface area contributed by atoms with Crippen LogP contribution in [0.2, 0.25) is 0 Å². The third-order valence-electron chi connectivity index (χ3n) is 4.36. The minimum atomic E-state index is 0.719. The van der Waals surface area contributed by atoms with E-state index in [9.17, 15) is 0 Å². The Hall–Kier alpha value is -0.170. The lowest BCUT2D eigenvalue weighted by Gasteiger charge is -2.37. The summed E-state index contributed by atoms with van der Waals surface area (Å²) in [7, 11) is 0. The molecular formula is C15H26N2S. The predicted molar refractivity (Wildman–Crippen MR) is 81.0 cm³/mol. The predicted octanol–water partition coefficient (Wildman–Crippen LogP) is 2.35. The number of piperidine rings is 1. The van der Waals surface area contributed by atoms with E-state index in [4.69, 9.17) is 6.42 Å². The van der Waals surface area contributed by atoms with Gasteiger partial charge in [-0.05, 0) is 31.9 Å². The molecule has 1 aliphatic heterocycles. The number of thioether (sulfide) groups is 1. The second-order valence-corrected chi connectivity index (χ2v) is 6.66. The summed E-state index contributed by atoms with van der Waals surface area (Å²) in [5.41, 5.74) is 0. The summed E-state index contributed by atoms with van der Waals surface area (Å²) in [5, 5.41) is 4.76. The molecular weight excluding hydrogens is 240 g/mol. The highest BCUT2D eigenvalue weighted by Gasteiger charge is 2.27. The molecule has 102 valence electrons. The van der Waals surface area contributed by atoms with E-state index < -0.39 is 0 Å². The molecule has 0 bridgehead atoms. The highest BCUT2D eigenvalue weighted by atomic mass is 32.2. The third-order valence-corrected chi connectivity index (χ3v) is 5.53. The van der Waals surface area contributed by atoms with Crippen molar-refractivity contribution in [1.82, 2.24) is 10.2 Å². The number of rotatable bonds is 4. The SMILES string of the molecule is C#CCN1CCC(NC2CCCCC2SC)CC1. The highest BCUT2D eigenvalue weighted by Crippen LogP contribution is 2.28. The Labute approximate surface area is 116 Å². The van der Waals surface area contributed by atoms with E-state index >= 15 is 0 Å². The third kappa shape index (κ3) is 3.91. The van der Waals surface area contributed by atoms with Gasteiger partial charge in [0.2, 0.25) is 0 Å². The minimum Gasteiger partial charge on any atom is -0.310 e. The molecule has 2 rings (SSSR count). The fraction of sp³-hybridized carbons (Fsp3) is 0.867. The maximum atomic E-state index is 5.37. The second-order valence-electron chi connectivity index (χ2n) is 5.59. The summed E-state index contributed by atoms with van der Waals surface area (Å²) < 4.78 is 0. The van der Waals surface area contributed by atoms with Crippen LogP contribution in [-0.4, -0.2) is 48.1 Å². The van der Waals surface area contributed by atoms with E-state index in [0.29, 0.717) is 0 Å². The van der Waals surface area contributed by atoms with Crippen LogP contribution in [0.1, 0.15) is 38.5 Å². The first-order valence-electron chi connectivity index (χ1n) is 7.28. The van der Waals surface area contributed by atoms with Crippen molar-refractivity contribution in [3.8, 4) is 12.3 Å². The van der Waals surface area contributed by atoms with E-state index in [2.05, 4.69) is 34.2 Å². The van der Waals surface area contributed by atoms with Crippen molar-refractivity contribution in [3.05, 3.63) is 0 Å². The first-order valence-corrected chi connectivity index (χ1v) is 8.57. The van der Waals surface area contributed by atoms with E-state index in [1.54, 1.807) is 0 Å². The number of hydrogen-bond donors (Lipinski definition) is 1.